The third kappa shape index (κ3) is 8.03. The van der Waals surface area contributed by atoms with Crippen molar-refractivity contribution in [2.45, 2.75) is 89.8 Å². The first-order valence-electron chi connectivity index (χ1n) is 8.71. The molecule has 22 heavy (non-hydrogen) atoms. The van der Waals surface area contributed by atoms with Gasteiger partial charge in [-0.15, -0.1) is 0 Å². The SMILES string of the molecule is CCCC(OC)OC(O[SiH2]C1CCCC1)OC(CCC)OC. The van der Waals surface area contributed by atoms with Gasteiger partial charge in [-0.25, -0.2) is 0 Å². The van der Waals surface area contributed by atoms with Gasteiger partial charge in [0.05, 0.1) is 0 Å². The lowest BCUT2D eigenvalue weighted by molar-refractivity contribution is -0.350. The molecule has 5 nitrogen and oxygen atoms in total. The fraction of sp³-hybridized carbons (Fsp3) is 1.00. The fourth-order valence-corrected chi connectivity index (χ4v) is 4.20. The van der Waals surface area contributed by atoms with Gasteiger partial charge in [-0.3, -0.25) is 0 Å². The molecule has 0 saturated heterocycles. The molecule has 0 heterocycles. The van der Waals surface area contributed by atoms with Crippen LogP contribution >= 0.6 is 0 Å². The van der Waals surface area contributed by atoms with Crippen LogP contribution in [0.1, 0.15) is 65.2 Å². The van der Waals surface area contributed by atoms with Crippen LogP contribution in [-0.2, 0) is 23.4 Å². The maximum Gasteiger partial charge on any atom is 0.266 e. The average molecular weight is 335 g/mol. The van der Waals surface area contributed by atoms with Crippen LogP contribution < -0.4 is 0 Å². The van der Waals surface area contributed by atoms with E-state index in [0.29, 0.717) is 0 Å². The van der Waals surface area contributed by atoms with Crippen molar-refractivity contribution in [3.05, 3.63) is 0 Å². The summed E-state index contributed by atoms with van der Waals surface area (Å²) in [5, 5.41) is 0. The number of hydrogen-bond donors (Lipinski definition) is 0. The minimum atomic E-state index is -0.666. The van der Waals surface area contributed by atoms with Crippen molar-refractivity contribution in [1.29, 1.82) is 0 Å². The van der Waals surface area contributed by atoms with Gasteiger partial charge < -0.3 is 23.4 Å². The summed E-state index contributed by atoms with van der Waals surface area (Å²) in [5.74, 6) is 0. The maximum absolute atomic E-state index is 6.02. The van der Waals surface area contributed by atoms with Crippen molar-refractivity contribution >= 4 is 9.76 Å². The highest BCUT2D eigenvalue weighted by molar-refractivity contribution is 6.29. The number of ether oxygens (including phenoxy) is 4. The second-order valence-corrected chi connectivity index (χ2v) is 7.77. The lowest BCUT2D eigenvalue weighted by Crippen LogP contribution is -2.34. The van der Waals surface area contributed by atoms with Crippen molar-refractivity contribution in [2.24, 2.45) is 0 Å². The third-order valence-corrected chi connectivity index (χ3v) is 5.80. The summed E-state index contributed by atoms with van der Waals surface area (Å²) in [6, 6.07) is 0. The van der Waals surface area contributed by atoms with Crippen LogP contribution in [0.2, 0.25) is 5.54 Å². The minimum Gasteiger partial charge on any atom is -0.378 e. The summed E-state index contributed by atoms with van der Waals surface area (Å²) in [7, 11) is 2.67. The number of methoxy groups -OCH3 is 2. The van der Waals surface area contributed by atoms with E-state index in [1.165, 1.54) is 25.7 Å². The molecule has 0 aromatic carbocycles. The van der Waals surface area contributed by atoms with E-state index in [-0.39, 0.29) is 12.6 Å². The largest absolute Gasteiger partial charge is 0.378 e. The van der Waals surface area contributed by atoms with E-state index in [1.807, 2.05) is 0 Å². The lowest BCUT2D eigenvalue weighted by Gasteiger charge is -2.28. The van der Waals surface area contributed by atoms with E-state index >= 15 is 0 Å². The zero-order valence-electron chi connectivity index (χ0n) is 14.7. The molecule has 2 atom stereocenters. The summed E-state index contributed by atoms with van der Waals surface area (Å²) in [6.07, 6.45) is 8.34. The van der Waals surface area contributed by atoms with Gasteiger partial charge in [0.25, 0.3) is 6.48 Å². The highest BCUT2D eigenvalue weighted by atomic mass is 28.2. The Morgan fingerprint density at radius 3 is 1.82 bits per heavy atom. The minimum absolute atomic E-state index is 0.285. The Morgan fingerprint density at radius 2 is 1.41 bits per heavy atom. The zero-order chi connectivity index (χ0) is 16.2. The summed E-state index contributed by atoms with van der Waals surface area (Å²) < 4.78 is 28.5. The van der Waals surface area contributed by atoms with Crippen molar-refractivity contribution in [3.8, 4) is 0 Å². The van der Waals surface area contributed by atoms with Crippen molar-refractivity contribution in [1.82, 2.24) is 0 Å². The second kappa shape index (κ2) is 12.4. The van der Waals surface area contributed by atoms with Crippen LogP contribution in [0.25, 0.3) is 0 Å². The lowest BCUT2D eigenvalue weighted by atomic mass is 10.3. The molecule has 6 heteroatoms. The predicted molar refractivity (Wildman–Crippen MR) is 89.2 cm³/mol. The van der Waals surface area contributed by atoms with Crippen molar-refractivity contribution in [2.75, 3.05) is 14.2 Å². The van der Waals surface area contributed by atoms with E-state index in [1.54, 1.807) is 14.2 Å². The van der Waals surface area contributed by atoms with Gasteiger partial charge >= 0.3 is 0 Å². The van der Waals surface area contributed by atoms with E-state index in [9.17, 15) is 0 Å². The molecule has 2 unspecified atom stereocenters. The quantitative estimate of drug-likeness (QED) is 0.382. The van der Waals surface area contributed by atoms with Gasteiger partial charge in [-0.2, -0.15) is 0 Å². The number of hydrogen-bond acceptors (Lipinski definition) is 5. The van der Waals surface area contributed by atoms with Crippen molar-refractivity contribution in [3.63, 3.8) is 0 Å². The molecule has 0 aromatic rings. The Labute approximate surface area is 137 Å². The summed E-state index contributed by atoms with van der Waals surface area (Å²) in [6.45, 7) is 3.54. The topological polar surface area (TPSA) is 46.2 Å². The first-order valence-corrected chi connectivity index (χ1v) is 10.1. The molecule has 1 fully saturated rings. The van der Waals surface area contributed by atoms with Gasteiger partial charge in [0, 0.05) is 14.2 Å². The van der Waals surface area contributed by atoms with Crippen LogP contribution in [0, 0.1) is 0 Å². The van der Waals surface area contributed by atoms with Crippen LogP contribution in [-0.4, -0.2) is 43.0 Å². The molecule has 1 rings (SSSR count). The average Bonchev–Trinajstić information content (AvgIpc) is 3.04. The molecule has 1 saturated carbocycles. The highest BCUT2D eigenvalue weighted by Gasteiger charge is 2.24. The van der Waals surface area contributed by atoms with Crippen LogP contribution in [0.4, 0.5) is 0 Å². The molecule has 0 bridgehead atoms. The fourth-order valence-electron chi connectivity index (χ4n) is 2.70. The molecule has 0 spiro atoms. The molecule has 0 N–H and O–H groups in total. The van der Waals surface area contributed by atoms with Gasteiger partial charge in [0.2, 0.25) is 0 Å². The highest BCUT2D eigenvalue weighted by Crippen LogP contribution is 2.29. The van der Waals surface area contributed by atoms with Gasteiger partial charge in [-0.1, -0.05) is 52.4 Å². The Hall–Kier alpha value is 0.0169. The third-order valence-electron chi connectivity index (χ3n) is 4.04. The molecule has 1 aliphatic rings. The van der Waals surface area contributed by atoms with Crippen molar-refractivity contribution < 1.29 is 23.4 Å². The van der Waals surface area contributed by atoms with Crippen LogP contribution in [0.15, 0.2) is 0 Å². The molecule has 0 aliphatic heterocycles. The molecular weight excluding hydrogens is 300 g/mol. The van der Waals surface area contributed by atoms with E-state index in [4.69, 9.17) is 23.4 Å². The summed E-state index contributed by atoms with van der Waals surface area (Å²) in [5.41, 5.74) is 0.758. The van der Waals surface area contributed by atoms with Gasteiger partial charge in [0.1, 0.15) is 0 Å². The second-order valence-electron chi connectivity index (χ2n) is 5.95. The van der Waals surface area contributed by atoms with Gasteiger partial charge in [0.15, 0.2) is 22.3 Å². The van der Waals surface area contributed by atoms with E-state index in [0.717, 1.165) is 31.2 Å². The number of rotatable bonds is 13. The molecule has 0 aromatic heterocycles. The van der Waals surface area contributed by atoms with E-state index in [2.05, 4.69) is 13.8 Å². The smallest absolute Gasteiger partial charge is 0.266 e. The molecule has 1 aliphatic carbocycles. The Kier molecular flexibility index (Phi) is 11.3. The van der Waals surface area contributed by atoms with Crippen LogP contribution in [0.5, 0.6) is 0 Å². The summed E-state index contributed by atoms with van der Waals surface area (Å²) in [4.78, 5) is 0. The Balaban J connectivity index is 2.49. The predicted octanol–water partition coefficient (Wildman–Crippen LogP) is 3.31. The molecule has 0 amide bonds. The normalized spacial score (nSPS) is 20.7. The van der Waals surface area contributed by atoms with Gasteiger partial charge in [-0.05, 0) is 18.4 Å². The molecular formula is C16H34O5Si. The van der Waals surface area contributed by atoms with Crippen LogP contribution in [0.3, 0.4) is 0 Å². The molecule has 0 radical (unpaired) electrons. The Morgan fingerprint density at radius 1 is 0.909 bits per heavy atom. The maximum atomic E-state index is 6.02. The standard InChI is InChI=1S/C16H34O5Si/c1-5-9-14(17-3)19-16(20-15(18-4)10-6-2)21-22-13-11-7-8-12-13/h13-16H,5-12,22H2,1-4H3. The first kappa shape index (κ1) is 20.1. The van der Waals surface area contributed by atoms with E-state index < -0.39 is 16.2 Å². The molecule has 132 valence electrons. The Bertz CT molecular complexity index is 245. The summed E-state index contributed by atoms with van der Waals surface area (Å²) >= 11 is 0. The zero-order valence-corrected chi connectivity index (χ0v) is 16.1. The first-order chi connectivity index (χ1) is 10.7. The monoisotopic (exact) mass is 334 g/mol.